The van der Waals surface area contributed by atoms with Gasteiger partial charge in [-0.05, 0) is 25.0 Å². The molecule has 1 saturated heterocycles. The number of fused-ring (bicyclic) bond motifs is 1. The van der Waals surface area contributed by atoms with Crippen LogP contribution in [0.3, 0.4) is 0 Å². The second-order valence-corrected chi connectivity index (χ2v) is 9.99. The van der Waals surface area contributed by atoms with Gasteiger partial charge in [0.05, 0.1) is 18.8 Å². The van der Waals surface area contributed by atoms with E-state index in [2.05, 4.69) is 20.9 Å². The third-order valence-electron chi connectivity index (χ3n) is 4.83. The first-order valence-corrected chi connectivity index (χ1v) is 11.5. The van der Waals surface area contributed by atoms with Crippen LogP contribution in [-0.4, -0.2) is 43.0 Å². The van der Waals surface area contributed by atoms with Crippen LogP contribution >= 0.6 is 27.3 Å². The molecule has 2 aromatic rings. The molecule has 8 heteroatoms. The third kappa shape index (κ3) is 3.42. The fourth-order valence-corrected chi connectivity index (χ4v) is 6.58. The molecule has 1 aliphatic carbocycles. The average Bonchev–Trinajstić information content (AvgIpc) is 3.13. The Morgan fingerprint density at radius 2 is 1.96 bits per heavy atom. The van der Waals surface area contributed by atoms with Crippen molar-refractivity contribution in [3.63, 3.8) is 0 Å². The summed E-state index contributed by atoms with van der Waals surface area (Å²) in [6.45, 7) is 0.874. The Kier molecular flexibility index (Phi) is 4.98. The number of rotatable bonds is 3. The molecule has 134 valence electrons. The van der Waals surface area contributed by atoms with Crippen LogP contribution in [0.1, 0.15) is 25.7 Å². The van der Waals surface area contributed by atoms with E-state index < -0.39 is 10.0 Å². The van der Waals surface area contributed by atoms with Gasteiger partial charge in [0.25, 0.3) is 10.0 Å². The van der Waals surface area contributed by atoms with E-state index in [4.69, 9.17) is 4.74 Å². The van der Waals surface area contributed by atoms with Crippen LogP contribution in [0.4, 0.5) is 0 Å². The molecular weight excluding hydrogens is 424 g/mol. The van der Waals surface area contributed by atoms with Crippen molar-refractivity contribution in [1.29, 1.82) is 0 Å². The Labute approximate surface area is 160 Å². The molecule has 1 aromatic heterocycles. The van der Waals surface area contributed by atoms with Gasteiger partial charge in [-0.25, -0.2) is 13.4 Å². The number of ether oxygens (including phenoxy) is 1. The molecule has 25 heavy (non-hydrogen) atoms. The molecule has 2 unspecified atom stereocenters. The number of hydrogen-bond donors (Lipinski definition) is 0. The SMILES string of the molecule is O=S(=O)(c1csc(-c2ccc(Br)cc2)n1)N1CCOC2CCCCC21. The first-order valence-electron chi connectivity index (χ1n) is 8.40. The van der Waals surface area contributed by atoms with Gasteiger partial charge >= 0.3 is 0 Å². The van der Waals surface area contributed by atoms with Gasteiger partial charge in [0.1, 0.15) is 5.01 Å². The summed E-state index contributed by atoms with van der Waals surface area (Å²) in [5, 5.41) is 2.53. The summed E-state index contributed by atoms with van der Waals surface area (Å²) in [5.41, 5.74) is 0.923. The van der Waals surface area contributed by atoms with Crippen molar-refractivity contribution >= 4 is 37.3 Å². The summed E-state index contributed by atoms with van der Waals surface area (Å²) in [6, 6.07) is 7.68. The smallest absolute Gasteiger partial charge is 0.261 e. The van der Waals surface area contributed by atoms with E-state index in [0.29, 0.717) is 13.2 Å². The third-order valence-corrected chi connectivity index (χ3v) is 8.21. The van der Waals surface area contributed by atoms with Crippen LogP contribution in [0, 0.1) is 0 Å². The summed E-state index contributed by atoms with van der Waals surface area (Å²) < 4.78 is 34.7. The quantitative estimate of drug-likeness (QED) is 0.722. The minimum atomic E-state index is -3.58. The zero-order valence-corrected chi connectivity index (χ0v) is 16.8. The minimum absolute atomic E-state index is 0.0295. The molecule has 0 N–H and O–H groups in total. The van der Waals surface area contributed by atoms with E-state index in [0.717, 1.165) is 40.7 Å². The maximum Gasteiger partial charge on any atom is 0.261 e. The Bertz CT molecular complexity index is 849. The molecule has 1 aliphatic heterocycles. The second kappa shape index (κ2) is 7.08. The Balaban J connectivity index is 1.63. The highest BCUT2D eigenvalue weighted by Crippen LogP contribution is 2.34. The standard InChI is InChI=1S/C17H19BrN2O3S2/c18-13-7-5-12(6-8-13)17-19-16(11-24-17)25(21,22)20-9-10-23-15-4-2-1-3-14(15)20/h5-8,11,14-15H,1-4,9-10H2. The number of thiazole rings is 1. The van der Waals surface area contributed by atoms with Gasteiger partial charge in [-0.15, -0.1) is 11.3 Å². The summed E-state index contributed by atoms with van der Waals surface area (Å²) in [5.74, 6) is 0. The lowest BCUT2D eigenvalue weighted by Gasteiger charge is -2.42. The van der Waals surface area contributed by atoms with Gasteiger partial charge in [-0.2, -0.15) is 4.31 Å². The zero-order chi connectivity index (χ0) is 17.4. The molecular formula is C17H19BrN2O3S2. The summed E-state index contributed by atoms with van der Waals surface area (Å²) in [6.07, 6.45) is 4.00. The summed E-state index contributed by atoms with van der Waals surface area (Å²) in [7, 11) is -3.58. The predicted molar refractivity (Wildman–Crippen MR) is 101 cm³/mol. The number of morpholine rings is 1. The number of halogens is 1. The van der Waals surface area contributed by atoms with Gasteiger partial charge in [0, 0.05) is 22.0 Å². The molecule has 5 nitrogen and oxygen atoms in total. The van der Waals surface area contributed by atoms with Gasteiger partial charge in [0.2, 0.25) is 0 Å². The van der Waals surface area contributed by atoms with Gasteiger partial charge < -0.3 is 4.74 Å². The Morgan fingerprint density at radius 1 is 1.20 bits per heavy atom. The van der Waals surface area contributed by atoms with E-state index in [1.807, 2.05) is 24.3 Å². The lowest BCUT2D eigenvalue weighted by molar-refractivity contribution is -0.0586. The highest BCUT2D eigenvalue weighted by Gasteiger charge is 2.41. The van der Waals surface area contributed by atoms with Crippen molar-refractivity contribution in [3.8, 4) is 10.6 Å². The fourth-order valence-electron chi connectivity index (χ4n) is 3.58. The maximum atomic E-state index is 13.1. The zero-order valence-electron chi connectivity index (χ0n) is 13.6. The normalized spacial score (nSPS) is 24.8. The highest BCUT2D eigenvalue weighted by molar-refractivity contribution is 9.10. The highest BCUT2D eigenvalue weighted by atomic mass is 79.9. The van der Waals surface area contributed by atoms with Gasteiger partial charge in [-0.1, -0.05) is 40.9 Å². The molecule has 2 aliphatic rings. The van der Waals surface area contributed by atoms with Crippen molar-refractivity contribution in [2.24, 2.45) is 0 Å². The van der Waals surface area contributed by atoms with E-state index >= 15 is 0 Å². The lowest BCUT2D eigenvalue weighted by atomic mass is 9.91. The topological polar surface area (TPSA) is 59.5 Å². The van der Waals surface area contributed by atoms with Crippen LogP contribution < -0.4 is 0 Å². The largest absolute Gasteiger partial charge is 0.375 e. The Hall–Kier alpha value is -0.800. The van der Waals surface area contributed by atoms with Crippen molar-refractivity contribution in [2.75, 3.05) is 13.2 Å². The number of nitrogens with zero attached hydrogens (tertiary/aromatic N) is 2. The number of sulfonamides is 1. The van der Waals surface area contributed by atoms with Gasteiger partial charge in [0.15, 0.2) is 5.03 Å². The van der Waals surface area contributed by atoms with Crippen molar-refractivity contribution in [3.05, 3.63) is 34.1 Å². The van der Waals surface area contributed by atoms with Crippen LogP contribution in [0.15, 0.2) is 39.1 Å². The molecule has 1 saturated carbocycles. The van der Waals surface area contributed by atoms with E-state index in [1.165, 1.54) is 11.3 Å². The summed E-state index contributed by atoms with van der Waals surface area (Å²) >= 11 is 4.77. The lowest BCUT2D eigenvalue weighted by Crippen LogP contribution is -2.54. The van der Waals surface area contributed by atoms with E-state index in [9.17, 15) is 8.42 Å². The van der Waals surface area contributed by atoms with Crippen LogP contribution in [0.2, 0.25) is 0 Å². The fraction of sp³-hybridized carbons (Fsp3) is 0.471. The first kappa shape index (κ1) is 17.6. The van der Waals surface area contributed by atoms with Crippen LogP contribution in [0.25, 0.3) is 10.6 Å². The predicted octanol–water partition coefficient (Wildman–Crippen LogP) is 3.90. The van der Waals surface area contributed by atoms with Crippen LogP contribution in [-0.2, 0) is 14.8 Å². The Morgan fingerprint density at radius 3 is 2.76 bits per heavy atom. The van der Waals surface area contributed by atoms with E-state index in [1.54, 1.807) is 9.69 Å². The molecule has 2 fully saturated rings. The summed E-state index contributed by atoms with van der Waals surface area (Å²) in [4.78, 5) is 4.43. The molecule has 0 amide bonds. The first-order chi connectivity index (χ1) is 12.1. The molecule has 0 spiro atoms. The molecule has 1 aromatic carbocycles. The maximum absolute atomic E-state index is 13.1. The van der Waals surface area contributed by atoms with Gasteiger partial charge in [-0.3, -0.25) is 0 Å². The number of hydrogen-bond acceptors (Lipinski definition) is 5. The van der Waals surface area contributed by atoms with Crippen molar-refractivity contribution in [1.82, 2.24) is 9.29 Å². The number of aromatic nitrogens is 1. The molecule has 0 radical (unpaired) electrons. The van der Waals surface area contributed by atoms with Crippen LogP contribution in [0.5, 0.6) is 0 Å². The average molecular weight is 443 g/mol. The molecule has 4 rings (SSSR count). The monoisotopic (exact) mass is 442 g/mol. The second-order valence-electron chi connectivity index (χ2n) is 6.37. The number of benzene rings is 1. The molecule has 0 bridgehead atoms. The minimum Gasteiger partial charge on any atom is -0.375 e. The van der Waals surface area contributed by atoms with Crippen molar-refractivity contribution in [2.45, 2.75) is 42.9 Å². The molecule has 2 atom stereocenters. The van der Waals surface area contributed by atoms with E-state index in [-0.39, 0.29) is 17.2 Å². The van der Waals surface area contributed by atoms with Crippen molar-refractivity contribution < 1.29 is 13.2 Å². The molecule has 2 heterocycles.